The zero-order chi connectivity index (χ0) is 17.9. The van der Waals surface area contributed by atoms with Gasteiger partial charge in [0.05, 0.1) is 15.9 Å². The Bertz CT molecular complexity index is 847. The maximum atomic E-state index is 11.5. The number of aliphatic hydroxyl groups is 1. The third-order valence-corrected chi connectivity index (χ3v) is 5.53. The number of carbonyl (C=O) groups is 1. The molecule has 0 aliphatic carbocycles. The minimum atomic E-state index is -3.84. The number of aromatic nitrogens is 2. The van der Waals surface area contributed by atoms with E-state index in [2.05, 4.69) is 4.98 Å². The van der Waals surface area contributed by atoms with Crippen molar-refractivity contribution in [2.45, 2.75) is 41.6 Å². The van der Waals surface area contributed by atoms with Crippen LogP contribution < -0.4 is 5.14 Å². The van der Waals surface area contributed by atoms with E-state index in [9.17, 15) is 18.3 Å². The van der Waals surface area contributed by atoms with Crippen LogP contribution in [0.3, 0.4) is 0 Å². The molecule has 0 aliphatic rings. The van der Waals surface area contributed by atoms with Gasteiger partial charge in [-0.2, -0.15) is 0 Å². The zero-order valence-electron chi connectivity index (χ0n) is 13.0. The molecule has 8 nitrogen and oxygen atoms in total. The Morgan fingerprint density at radius 1 is 1.46 bits per heavy atom. The van der Waals surface area contributed by atoms with Gasteiger partial charge in [0.15, 0.2) is 5.16 Å². The lowest BCUT2D eigenvalue weighted by Crippen LogP contribution is -2.18. The first-order valence-corrected chi connectivity index (χ1v) is 9.74. The average Bonchev–Trinajstić information content (AvgIpc) is 2.83. The van der Waals surface area contributed by atoms with Gasteiger partial charge < -0.3 is 14.8 Å². The number of imidazole rings is 1. The molecule has 2 aromatic rings. The van der Waals surface area contributed by atoms with Gasteiger partial charge in [0.25, 0.3) is 0 Å². The van der Waals surface area contributed by atoms with Crippen LogP contribution in [0.4, 0.5) is 0 Å². The molecule has 1 aromatic carbocycles. The number of nitrogens with zero attached hydrogens (tertiary/aromatic N) is 2. The number of rotatable bonds is 8. The van der Waals surface area contributed by atoms with Gasteiger partial charge in [0.1, 0.15) is 5.25 Å². The molecule has 0 saturated heterocycles. The number of aryl methyl sites for hydroxylation is 1. The molecule has 0 spiro atoms. The fourth-order valence-electron chi connectivity index (χ4n) is 2.27. The van der Waals surface area contributed by atoms with Gasteiger partial charge >= 0.3 is 5.97 Å². The first-order valence-electron chi connectivity index (χ1n) is 7.31. The minimum Gasteiger partial charge on any atom is -0.480 e. The molecule has 0 aliphatic heterocycles. The normalized spacial score (nSPS) is 13.3. The van der Waals surface area contributed by atoms with E-state index in [0.29, 0.717) is 22.7 Å². The van der Waals surface area contributed by atoms with E-state index < -0.39 is 21.2 Å². The summed E-state index contributed by atoms with van der Waals surface area (Å²) in [6.45, 7) is 2.34. The summed E-state index contributed by atoms with van der Waals surface area (Å²) in [5, 5.41) is 23.0. The molecule has 24 heavy (non-hydrogen) atoms. The molecule has 0 fully saturated rings. The molecule has 1 heterocycles. The molecule has 0 bridgehead atoms. The summed E-state index contributed by atoms with van der Waals surface area (Å²) in [4.78, 5) is 15.6. The zero-order valence-corrected chi connectivity index (χ0v) is 14.7. The maximum absolute atomic E-state index is 11.5. The molecular weight excluding hydrogens is 354 g/mol. The van der Waals surface area contributed by atoms with E-state index in [1.54, 1.807) is 6.07 Å². The molecule has 2 rings (SSSR count). The molecule has 10 heteroatoms. The summed E-state index contributed by atoms with van der Waals surface area (Å²) in [5.41, 5.74) is 1.14. The average molecular weight is 373 g/mol. The fraction of sp³-hybridized carbons (Fsp3) is 0.429. The predicted molar refractivity (Wildman–Crippen MR) is 90.4 cm³/mol. The Labute approximate surface area is 143 Å². The maximum Gasteiger partial charge on any atom is 0.317 e. The second-order valence-electron chi connectivity index (χ2n) is 5.20. The van der Waals surface area contributed by atoms with Gasteiger partial charge in [0.2, 0.25) is 10.0 Å². The van der Waals surface area contributed by atoms with Crippen molar-refractivity contribution in [2.24, 2.45) is 5.14 Å². The van der Waals surface area contributed by atoms with Crippen LogP contribution in [-0.4, -0.2) is 46.0 Å². The number of nitrogens with two attached hydrogens (primary N) is 1. The van der Waals surface area contributed by atoms with Crippen LogP contribution in [0.25, 0.3) is 11.0 Å². The topological polar surface area (TPSA) is 136 Å². The number of carboxylic acid groups (broad SMARTS) is 1. The summed E-state index contributed by atoms with van der Waals surface area (Å²) >= 11 is 1.04. The van der Waals surface area contributed by atoms with Crippen LogP contribution in [0.1, 0.15) is 19.8 Å². The molecular formula is C14H19N3O5S2. The number of aliphatic hydroxyl groups excluding tert-OH is 1. The van der Waals surface area contributed by atoms with E-state index >= 15 is 0 Å². The smallest absolute Gasteiger partial charge is 0.317 e. The second kappa shape index (κ2) is 7.51. The van der Waals surface area contributed by atoms with Gasteiger partial charge in [-0.3, -0.25) is 4.79 Å². The first-order chi connectivity index (χ1) is 11.3. The van der Waals surface area contributed by atoms with Gasteiger partial charge in [0, 0.05) is 13.2 Å². The van der Waals surface area contributed by atoms with Crippen molar-refractivity contribution < 1.29 is 23.4 Å². The molecule has 0 saturated carbocycles. The van der Waals surface area contributed by atoms with Crippen LogP contribution in [0.2, 0.25) is 0 Å². The Morgan fingerprint density at radius 3 is 2.71 bits per heavy atom. The largest absolute Gasteiger partial charge is 0.480 e. The fourth-order valence-corrected chi connectivity index (χ4v) is 3.85. The highest BCUT2D eigenvalue weighted by Crippen LogP contribution is 2.30. The predicted octanol–water partition coefficient (Wildman–Crippen LogP) is 1.02. The Kier molecular flexibility index (Phi) is 5.86. The summed E-state index contributed by atoms with van der Waals surface area (Å²) in [6.07, 6.45) is 0.894. The van der Waals surface area contributed by atoms with Crippen LogP contribution >= 0.6 is 11.8 Å². The Morgan fingerprint density at radius 2 is 2.17 bits per heavy atom. The number of hydrogen-bond donors (Lipinski definition) is 3. The van der Waals surface area contributed by atoms with Crippen molar-refractivity contribution in [3.63, 3.8) is 0 Å². The first kappa shape index (κ1) is 18.7. The summed E-state index contributed by atoms with van der Waals surface area (Å²) in [7, 11) is -3.84. The lowest BCUT2D eigenvalue weighted by atomic mass is 10.3. The van der Waals surface area contributed by atoms with Crippen molar-refractivity contribution in [3.8, 4) is 0 Å². The summed E-state index contributed by atoms with van der Waals surface area (Å²) in [6, 6.07) is 4.40. The number of carboxylic acids is 1. The van der Waals surface area contributed by atoms with Crippen LogP contribution in [0, 0.1) is 0 Å². The lowest BCUT2D eigenvalue weighted by Gasteiger charge is -2.12. The molecule has 1 atom stereocenters. The van der Waals surface area contributed by atoms with Crippen molar-refractivity contribution in [2.75, 3.05) is 6.61 Å². The van der Waals surface area contributed by atoms with Crippen molar-refractivity contribution in [3.05, 3.63) is 18.2 Å². The minimum absolute atomic E-state index is 0.0437. The Hall–Kier alpha value is -1.62. The number of hydrogen-bond acceptors (Lipinski definition) is 6. The van der Waals surface area contributed by atoms with E-state index in [0.717, 1.165) is 18.2 Å². The summed E-state index contributed by atoms with van der Waals surface area (Å²) in [5.74, 6) is -1.03. The highest BCUT2D eigenvalue weighted by molar-refractivity contribution is 8.00. The SMILES string of the molecule is CCCn1c(S[C@@H](CCO)C(=O)O)nc2cc(S(N)(=O)=O)ccc21. The van der Waals surface area contributed by atoms with Crippen LogP contribution in [0.5, 0.6) is 0 Å². The Balaban J connectivity index is 2.51. The number of aliphatic carboxylic acids is 1. The van der Waals surface area contributed by atoms with Crippen molar-refractivity contribution in [1.29, 1.82) is 0 Å². The van der Waals surface area contributed by atoms with Crippen molar-refractivity contribution >= 4 is 38.8 Å². The quantitative estimate of drug-likeness (QED) is 0.588. The van der Waals surface area contributed by atoms with E-state index in [-0.39, 0.29) is 17.9 Å². The second-order valence-corrected chi connectivity index (χ2v) is 7.93. The molecule has 1 aromatic heterocycles. The molecule has 132 valence electrons. The number of fused-ring (bicyclic) bond motifs is 1. The third kappa shape index (κ3) is 4.07. The summed E-state index contributed by atoms with van der Waals surface area (Å²) < 4.78 is 24.8. The standard InChI is InChI=1S/C14H19N3O5S2/c1-2-6-17-11-4-3-9(24(15,21)22)8-10(11)16-14(17)23-12(5-7-18)13(19)20/h3-4,8,12,18H,2,5-7H2,1H3,(H,19,20)(H2,15,21,22)/t12-/m0/s1. The van der Waals surface area contributed by atoms with Gasteiger partial charge in [-0.15, -0.1) is 0 Å². The molecule has 0 amide bonds. The van der Waals surface area contributed by atoms with Crippen molar-refractivity contribution in [1.82, 2.24) is 9.55 Å². The van der Waals surface area contributed by atoms with Gasteiger partial charge in [-0.05, 0) is 31.0 Å². The van der Waals surface area contributed by atoms with Crippen LogP contribution in [-0.2, 0) is 21.4 Å². The molecule has 4 N–H and O–H groups in total. The molecule has 0 radical (unpaired) electrons. The number of primary sulfonamides is 1. The third-order valence-electron chi connectivity index (χ3n) is 3.37. The molecule has 0 unspecified atom stereocenters. The van der Waals surface area contributed by atoms with E-state index in [4.69, 9.17) is 10.2 Å². The highest BCUT2D eigenvalue weighted by Gasteiger charge is 2.23. The van der Waals surface area contributed by atoms with E-state index in [1.807, 2.05) is 11.5 Å². The van der Waals surface area contributed by atoms with Crippen LogP contribution in [0.15, 0.2) is 28.3 Å². The highest BCUT2D eigenvalue weighted by atomic mass is 32.2. The number of benzene rings is 1. The van der Waals surface area contributed by atoms with E-state index in [1.165, 1.54) is 12.1 Å². The number of sulfonamides is 1. The monoisotopic (exact) mass is 373 g/mol. The van der Waals surface area contributed by atoms with Gasteiger partial charge in [-0.25, -0.2) is 18.5 Å². The van der Waals surface area contributed by atoms with Gasteiger partial charge in [-0.1, -0.05) is 18.7 Å². The number of thioether (sulfide) groups is 1. The lowest BCUT2D eigenvalue weighted by molar-refractivity contribution is -0.136.